The molecule has 0 saturated carbocycles. The minimum absolute atomic E-state index is 0.294. The lowest BCUT2D eigenvalue weighted by Crippen LogP contribution is -2.24. The van der Waals surface area contributed by atoms with Gasteiger partial charge in [0, 0.05) is 5.57 Å². The highest BCUT2D eigenvalue weighted by molar-refractivity contribution is 5.96. The average molecular weight is 354 g/mol. The molecule has 0 radical (unpaired) electrons. The first-order valence-electron chi connectivity index (χ1n) is 8.29. The molecule has 0 N–H and O–H groups in total. The van der Waals surface area contributed by atoms with Gasteiger partial charge in [0.2, 0.25) is 5.82 Å². The molecule has 0 bridgehead atoms. The Morgan fingerprint density at radius 3 is 1.69 bits per heavy atom. The molecule has 0 saturated heterocycles. The molecule has 0 aliphatic heterocycles. The zero-order valence-electron chi connectivity index (χ0n) is 15.2. The zero-order chi connectivity index (χ0) is 18.9. The van der Waals surface area contributed by atoms with E-state index in [0.29, 0.717) is 5.82 Å². The normalized spacial score (nSPS) is 11.5. The number of allylic oxidation sites excluding steroid dienone is 1. The van der Waals surface area contributed by atoms with Crippen molar-refractivity contribution >= 4 is 11.1 Å². The van der Waals surface area contributed by atoms with Gasteiger partial charge in [-0.15, -0.1) is 10.2 Å². The van der Waals surface area contributed by atoms with Gasteiger partial charge in [-0.3, -0.25) is 0 Å². The molecule has 0 unspecified atom stereocenters. The summed E-state index contributed by atoms with van der Waals surface area (Å²) in [6.45, 7) is 7.83. The Labute approximate surface area is 151 Å². The number of tetrazole rings is 1. The predicted octanol–water partition coefficient (Wildman–Crippen LogP) is 4.69. The predicted molar refractivity (Wildman–Crippen MR) is 97.2 cm³/mol. The number of hydrogen-bond donors (Lipinski definition) is 0. The molecule has 0 aliphatic carbocycles. The van der Waals surface area contributed by atoms with Crippen LogP contribution in [-0.4, -0.2) is 20.2 Å². The molecule has 0 amide bonds. The van der Waals surface area contributed by atoms with Crippen LogP contribution in [0.2, 0.25) is 0 Å². The highest BCUT2D eigenvalue weighted by atomic mass is 19.1. The summed E-state index contributed by atoms with van der Waals surface area (Å²) in [5.74, 6) is -0.160. The summed E-state index contributed by atoms with van der Waals surface area (Å²) >= 11 is 0. The first kappa shape index (κ1) is 17.9. The van der Waals surface area contributed by atoms with Gasteiger partial charge < -0.3 is 0 Å². The van der Waals surface area contributed by atoms with Crippen LogP contribution in [0.1, 0.15) is 44.6 Å². The van der Waals surface area contributed by atoms with Gasteiger partial charge in [-0.1, -0.05) is 24.3 Å². The quantitative estimate of drug-likeness (QED) is 0.686. The molecule has 4 nitrogen and oxygen atoms in total. The highest BCUT2D eigenvalue weighted by Gasteiger charge is 2.20. The van der Waals surface area contributed by atoms with E-state index in [4.69, 9.17) is 0 Å². The van der Waals surface area contributed by atoms with Crippen molar-refractivity contribution in [2.24, 2.45) is 0 Å². The minimum Gasteiger partial charge on any atom is -0.207 e. The lowest BCUT2D eigenvalue weighted by molar-refractivity contribution is 0.306. The molecular formula is C20H20F2N4. The van der Waals surface area contributed by atoms with Gasteiger partial charge in [-0.2, -0.15) is 4.80 Å². The Hall–Kier alpha value is -2.89. The molecule has 1 heterocycles. The summed E-state index contributed by atoms with van der Waals surface area (Å²) in [4.78, 5) is 1.55. The van der Waals surface area contributed by atoms with Crippen molar-refractivity contribution in [3.05, 3.63) is 77.1 Å². The van der Waals surface area contributed by atoms with Crippen molar-refractivity contribution in [3.63, 3.8) is 0 Å². The molecule has 0 spiro atoms. The summed E-state index contributed by atoms with van der Waals surface area (Å²) in [7, 11) is 0. The third-order valence-corrected chi connectivity index (χ3v) is 3.99. The fraction of sp³-hybridized carbons (Fsp3) is 0.250. The van der Waals surface area contributed by atoms with Gasteiger partial charge in [-0.05, 0) is 73.9 Å². The Morgan fingerprint density at radius 1 is 0.846 bits per heavy atom. The molecule has 134 valence electrons. The first-order valence-corrected chi connectivity index (χ1v) is 8.29. The monoisotopic (exact) mass is 354 g/mol. The summed E-state index contributed by atoms with van der Waals surface area (Å²) in [6.07, 6.45) is 0. The van der Waals surface area contributed by atoms with Crippen molar-refractivity contribution in [1.29, 1.82) is 0 Å². The Kier molecular flexibility index (Phi) is 4.68. The summed E-state index contributed by atoms with van der Waals surface area (Å²) in [6, 6.07) is 12.3. The van der Waals surface area contributed by atoms with E-state index < -0.39 is 0 Å². The number of nitrogens with zero attached hydrogens (tertiary/aromatic N) is 4. The third kappa shape index (κ3) is 3.69. The van der Waals surface area contributed by atoms with Crippen molar-refractivity contribution in [1.82, 2.24) is 20.2 Å². The maximum absolute atomic E-state index is 13.4. The van der Waals surface area contributed by atoms with Crippen LogP contribution in [0.5, 0.6) is 0 Å². The molecule has 0 fully saturated rings. The average Bonchev–Trinajstić information content (AvgIpc) is 3.09. The van der Waals surface area contributed by atoms with Gasteiger partial charge in [0.1, 0.15) is 11.6 Å². The van der Waals surface area contributed by atoms with Crippen LogP contribution in [0.3, 0.4) is 0 Å². The second-order valence-electron chi connectivity index (χ2n) is 7.09. The van der Waals surface area contributed by atoms with E-state index in [9.17, 15) is 8.78 Å². The maximum Gasteiger partial charge on any atom is 0.201 e. The fourth-order valence-corrected chi connectivity index (χ4v) is 2.59. The van der Waals surface area contributed by atoms with Gasteiger partial charge >= 0.3 is 0 Å². The number of hydrogen-bond acceptors (Lipinski definition) is 3. The third-order valence-electron chi connectivity index (χ3n) is 3.99. The van der Waals surface area contributed by atoms with Crippen LogP contribution in [0, 0.1) is 11.6 Å². The van der Waals surface area contributed by atoms with Gasteiger partial charge in [0.15, 0.2) is 0 Å². The smallest absolute Gasteiger partial charge is 0.201 e. The molecule has 1 aromatic heterocycles. The van der Waals surface area contributed by atoms with E-state index in [2.05, 4.69) is 15.4 Å². The van der Waals surface area contributed by atoms with Crippen LogP contribution in [0.15, 0.2) is 48.5 Å². The Morgan fingerprint density at radius 2 is 1.31 bits per heavy atom. The van der Waals surface area contributed by atoms with Crippen LogP contribution in [0.25, 0.3) is 11.1 Å². The van der Waals surface area contributed by atoms with E-state index >= 15 is 0 Å². The van der Waals surface area contributed by atoms with Gasteiger partial charge in [-0.25, -0.2) is 8.78 Å². The number of rotatable bonds is 3. The second kappa shape index (κ2) is 6.78. The van der Waals surface area contributed by atoms with E-state index in [1.54, 1.807) is 29.1 Å². The second-order valence-corrected chi connectivity index (χ2v) is 7.09. The molecule has 2 aromatic carbocycles. The molecule has 6 heteroatoms. The highest BCUT2D eigenvalue weighted by Crippen LogP contribution is 2.31. The molecule has 3 rings (SSSR count). The van der Waals surface area contributed by atoms with Crippen molar-refractivity contribution in [2.75, 3.05) is 0 Å². The topological polar surface area (TPSA) is 43.6 Å². The summed E-state index contributed by atoms with van der Waals surface area (Å²) in [5.41, 5.74) is 2.87. The van der Waals surface area contributed by atoms with E-state index in [-0.39, 0.29) is 17.2 Å². The fourth-order valence-electron chi connectivity index (χ4n) is 2.59. The minimum atomic E-state index is -0.318. The Bertz CT molecular complexity index is 886. The summed E-state index contributed by atoms with van der Waals surface area (Å²) < 4.78 is 26.7. The van der Waals surface area contributed by atoms with Crippen molar-refractivity contribution in [2.45, 2.75) is 33.2 Å². The number of aromatic nitrogens is 4. The van der Waals surface area contributed by atoms with Crippen LogP contribution >= 0.6 is 0 Å². The Balaban J connectivity index is 2.18. The first-order chi connectivity index (χ1) is 12.3. The van der Waals surface area contributed by atoms with E-state index in [1.807, 2.05) is 27.7 Å². The molecule has 0 aliphatic rings. The zero-order valence-corrected chi connectivity index (χ0v) is 15.2. The van der Waals surface area contributed by atoms with Crippen LogP contribution in [0.4, 0.5) is 8.78 Å². The molecular weight excluding hydrogens is 334 g/mol. The lowest BCUT2D eigenvalue weighted by atomic mass is 9.93. The molecule has 26 heavy (non-hydrogen) atoms. The van der Waals surface area contributed by atoms with E-state index in [0.717, 1.165) is 22.3 Å². The van der Waals surface area contributed by atoms with E-state index in [1.165, 1.54) is 24.3 Å². The molecule has 0 atom stereocenters. The van der Waals surface area contributed by atoms with Crippen LogP contribution in [-0.2, 0) is 5.54 Å². The SMILES string of the molecule is CC(=C(c1ccc(F)cc1)c1ccc(F)cc1)c1nnn(C(C)(C)C)n1. The number of halogens is 2. The number of benzene rings is 2. The molecule has 3 aromatic rings. The van der Waals surface area contributed by atoms with Crippen LogP contribution < -0.4 is 0 Å². The van der Waals surface area contributed by atoms with Gasteiger partial charge in [0.05, 0.1) is 5.54 Å². The van der Waals surface area contributed by atoms with Crippen molar-refractivity contribution < 1.29 is 8.78 Å². The maximum atomic E-state index is 13.4. The standard InChI is InChI=1S/C20H20F2N4/c1-13(19-23-25-26(24-19)20(2,3)4)18(14-5-9-16(21)10-6-14)15-7-11-17(22)12-8-15/h5-12H,1-4H3. The van der Waals surface area contributed by atoms with Gasteiger partial charge in [0.25, 0.3) is 0 Å². The van der Waals surface area contributed by atoms with Crippen molar-refractivity contribution in [3.8, 4) is 0 Å². The lowest BCUT2D eigenvalue weighted by Gasteiger charge is -2.15. The summed E-state index contributed by atoms with van der Waals surface area (Å²) in [5, 5.41) is 12.8. The largest absolute Gasteiger partial charge is 0.207 e.